The minimum absolute atomic E-state index is 0.512. The number of ether oxygens (including phenoxy) is 1. The Labute approximate surface area is 216 Å². The highest BCUT2D eigenvalue weighted by Crippen LogP contribution is 2.51. The van der Waals surface area contributed by atoms with Gasteiger partial charge in [0.25, 0.3) is 0 Å². The van der Waals surface area contributed by atoms with E-state index in [1.807, 2.05) is 30.3 Å². The molecular weight excluding hydrogens is 448 g/mol. The van der Waals surface area contributed by atoms with Crippen molar-refractivity contribution >= 4 is 32.3 Å². The fourth-order valence-electron chi connectivity index (χ4n) is 6.07. The van der Waals surface area contributed by atoms with Crippen LogP contribution < -0.4 is 4.74 Å². The molecule has 37 heavy (non-hydrogen) atoms. The van der Waals surface area contributed by atoms with Crippen LogP contribution >= 0.6 is 0 Å². The molecule has 1 heteroatoms. The van der Waals surface area contributed by atoms with Crippen LogP contribution in [0.3, 0.4) is 0 Å². The van der Waals surface area contributed by atoms with Crippen molar-refractivity contribution in [1.29, 1.82) is 0 Å². The lowest BCUT2D eigenvalue weighted by molar-refractivity contribution is 0.487. The molecule has 0 saturated heterocycles. The molecular formula is C36H22O. The number of hydrogen-bond acceptors (Lipinski definition) is 1. The van der Waals surface area contributed by atoms with Gasteiger partial charge in [0.1, 0.15) is 11.5 Å². The first-order valence-corrected chi connectivity index (χ1v) is 12.6. The van der Waals surface area contributed by atoms with Crippen molar-refractivity contribution in [3.05, 3.63) is 133 Å². The Morgan fingerprint density at radius 2 is 1.03 bits per heavy atom. The van der Waals surface area contributed by atoms with Crippen molar-refractivity contribution in [2.24, 2.45) is 0 Å². The first kappa shape index (κ1) is 19.3. The summed E-state index contributed by atoms with van der Waals surface area (Å²) in [6.07, 6.45) is 0. The highest BCUT2D eigenvalue weighted by atomic mass is 16.5. The predicted octanol–water partition coefficient (Wildman–Crippen LogP) is 10.3. The van der Waals surface area contributed by atoms with Gasteiger partial charge >= 0.3 is 0 Å². The van der Waals surface area contributed by atoms with Gasteiger partial charge in [0.2, 0.25) is 0 Å². The van der Waals surface area contributed by atoms with Gasteiger partial charge in [-0.25, -0.2) is 0 Å². The Kier molecular flexibility index (Phi) is 4.08. The van der Waals surface area contributed by atoms with Crippen LogP contribution in [0.4, 0.5) is 0 Å². The molecule has 1 aliphatic rings. The van der Waals surface area contributed by atoms with Gasteiger partial charge in [-0.1, -0.05) is 121 Å². The number of fused-ring (bicyclic) bond motifs is 4. The van der Waals surface area contributed by atoms with Crippen molar-refractivity contribution in [3.8, 4) is 44.9 Å². The van der Waals surface area contributed by atoms with Gasteiger partial charge in [-0.05, 0) is 66.9 Å². The fraction of sp³-hybridized carbons (Fsp3) is 0. The molecule has 0 aliphatic carbocycles. The SMILES string of the molecule is [2H]c1ccc2c(-c3ccc4c5c(cccc35)Oc3ccccc3-4)c3ccccc3c(-c3ccccc3)c2c1. The van der Waals surface area contributed by atoms with Gasteiger partial charge in [-0.2, -0.15) is 0 Å². The maximum Gasteiger partial charge on any atom is 0.135 e. The molecule has 0 bridgehead atoms. The van der Waals surface area contributed by atoms with Crippen molar-refractivity contribution in [3.63, 3.8) is 0 Å². The molecule has 7 aromatic carbocycles. The molecule has 1 aliphatic heterocycles. The number of rotatable bonds is 2. The zero-order valence-electron chi connectivity index (χ0n) is 21.0. The van der Waals surface area contributed by atoms with Crippen LogP contribution in [-0.2, 0) is 0 Å². The molecule has 0 aromatic heterocycles. The normalized spacial score (nSPS) is 12.4. The summed E-state index contributed by atoms with van der Waals surface area (Å²) in [6, 6.07) is 44.9. The average Bonchev–Trinajstić information content (AvgIpc) is 2.97. The topological polar surface area (TPSA) is 9.23 Å². The third kappa shape index (κ3) is 2.92. The maximum absolute atomic E-state index is 8.49. The van der Waals surface area contributed by atoms with Crippen LogP contribution in [0.1, 0.15) is 1.37 Å². The standard InChI is InChI=1S/C36H22O/c1-2-11-23(12-3-1)34-25-14-4-6-16-27(25)35(28-17-7-5-15-26(28)34)31-22-21-30-24-13-8-9-19-32(24)37-33-20-10-18-29(31)36(30)33/h1-22H/i4D. The van der Waals surface area contributed by atoms with Gasteiger partial charge in [0, 0.05) is 10.9 Å². The van der Waals surface area contributed by atoms with Crippen molar-refractivity contribution in [2.75, 3.05) is 0 Å². The second-order valence-electron chi connectivity index (χ2n) is 9.57. The summed E-state index contributed by atoms with van der Waals surface area (Å²) in [5.41, 5.74) is 7.02. The van der Waals surface area contributed by atoms with Gasteiger partial charge in [0.15, 0.2) is 0 Å². The third-order valence-corrected chi connectivity index (χ3v) is 7.60. The zero-order chi connectivity index (χ0) is 25.2. The molecule has 8 rings (SSSR count). The van der Waals surface area contributed by atoms with Gasteiger partial charge in [0.05, 0.1) is 1.37 Å². The van der Waals surface area contributed by atoms with E-state index >= 15 is 0 Å². The largest absolute Gasteiger partial charge is 0.456 e. The molecule has 7 aromatic rings. The van der Waals surface area contributed by atoms with E-state index in [0.717, 1.165) is 38.8 Å². The summed E-state index contributed by atoms with van der Waals surface area (Å²) in [6.45, 7) is 0. The average molecular weight is 472 g/mol. The lowest BCUT2D eigenvalue weighted by Gasteiger charge is -2.24. The summed E-state index contributed by atoms with van der Waals surface area (Å²) < 4.78 is 14.9. The van der Waals surface area contributed by atoms with E-state index in [9.17, 15) is 0 Å². The predicted molar refractivity (Wildman–Crippen MR) is 155 cm³/mol. The Balaban J connectivity index is 1.54. The second kappa shape index (κ2) is 7.81. The van der Waals surface area contributed by atoms with Gasteiger partial charge < -0.3 is 4.74 Å². The summed E-state index contributed by atoms with van der Waals surface area (Å²) in [7, 11) is 0. The van der Waals surface area contributed by atoms with Gasteiger partial charge in [-0.3, -0.25) is 0 Å². The van der Waals surface area contributed by atoms with E-state index < -0.39 is 0 Å². The van der Waals surface area contributed by atoms with Crippen molar-refractivity contribution in [1.82, 2.24) is 0 Å². The Hall–Kier alpha value is -4.88. The molecule has 0 saturated carbocycles. The van der Waals surface area contributed by atoms with Gasteiger partial charge in [-0.15, -0.1) is 0 Å². The van der Waals surface area contributed by atoms with E-state index in [4.69, 9.17) is 6.11 Å². The van der Waals surface area contributed by atoms with Crippen LogP contribution in [0.15, 0.2) is 133 Å². The van der Waals surface area contributed by atoms with E-state index in [2.05, 4.69) is 97.1 Å². The third-order valence-electron chi connectivity index (χ3n) is 7.60. The smallest absolute Gasteiger partial charge is 0.135 e. The zero-order valence-corrected chi connectivity index (χ0v) is 20.0. The molecule has 0 amide bonds. The minimum Gasteiger partial charge on any atom is -0.456 e. The quantitative estimate of drug-likeness (QED) is 0.228. The molecule has 0 atom stereocenters. The molecule has 1 nitrogen and oxygen atoms in total. The van der Waals surface area contributed by atoms with Crippen LogP contribution in [0.25, 0.3) is 65.7 Å². The molecule has 0 unspecified atom stereocenters. The summed E-state index contributed by atoms with van der Waals surface area (Å²) in [5, 5.41) is 6.95. The maximum atomic E-state index is 8.49. The van der Waals surface area contributed by atoms with Crippen LogP contribution in [0.2, 0.25) is 0 Å². The highest BCUT2D eigenvalue weighted by molar-refractivity contribution is 6.24. The number of hydrogen-bond donors (Lipinski definition) is 0. The molecule has 0 fully saturated rings. The number of para-hydroxylation sites is 1. The summed E-state index contributed by atoms with van der Waals surface area (Å²) in [4.78, 5) is 0. The molecule has 0 spiro atoms. The minimum atomic E-state index is 0.512. The fourth-order valence-corrected chi connectivity index (χ4v) is 6.07. The van der Waals surface area contributed by atoms with Crippen molar-refractivity contribution in [2.45, 2.75) is 0 Å². The lowest BCUT2D eigenvalue weighted by atomic mass is 9.83. The highest BCUT2D eigenvalue weighted by Gasteiger charge is 2.23. The first-order chi connectivity index (χ1) is 18.8. The molecule has 0 N–H and O–H groups in total. The Morgan fingerprint density at radius 3 is 1.89 bits per heavy atom. The van der Waals surface area contributed by atoms with E-state index in [0.29, 0.717) is 6.04 Å². The number of benzene rings is 7. The van der Waals surface area contributed by atoms with Crippen molar-refractivity contribution < 1.29 is 6.11 Å². The van der Waals surface area contributed by atoms with Crippen LogP contribution in [0.5, 0.6) is 11.5 Å². The second-order valence-corrected chi connectivity index (χ2v) is 9.57. The van der Waals surface area contributed by atoms with E-state index in [-0.39, 0.29) is 0 Å². The Morgan fingerprint density at radius 1 is 0.405 bits per heavy atom. The molecule has 172 valence electrons. The van der Waals surface area contributed by atoms with E-state index in [1.54, 1.807) is 0 Å². The van der Waals surface area contributed by atoms with E-state index in [1.165, 1.54) is 38.4 Å². The lowest BCUT2D eigenvalue weighted by Crippen LogP contribution is -1.98. The van der Waals surface area contributed by atoms with Crippen LogP contribution in [0, 0.1) is 0 Å². The first-order valence-electron chi connectivity index (χ1n) is 13.1. The monoisotopic (exact) mass is 471 g/mol. The van der Waals surface area contributed by atoms with Crippen LogP contribution in [-0.4, -0.2) is 0 Å². The Bertz CT molecular complexity index is 2060. The molecule has 1 heterocycles. The summed E-state index contributed by atoms with van der Waals surface area (Å²) in [5.74, 6) is 1.78. The summed E-state index contributed by atoms with van der Waals surface area (Å²) >= 11 is 0. The molecule has 0 radical (unpaired) electrons.